The van der Waals surface area contributed by atoms with Crippen LogP contribution in [0.15, 0.2) is 48.6 Å². The lowest BCUT2D eigenvalue weighted by Gasteiger charge is -2.30. The van der Waals surface area contributed by atoms with Crippen LogP contribution in [0, 0.1) is 5.92 Å². The van der Waals surface area contributed by atoms with Crippen LogP contribution in [0.5, 0.6) is 0 Å². The SMILES string of the molecule is CCCCC/C=C\C/C=C\CCCCCCCCC1(CCCCCCCC/C=C\C/C=C\CCCCC)O[C@H]2C[C@H](CC)C[C@H]2O1. The van der Waals surface area contributed by atoms with E-state index in [1.54, 1.807) is 0 Å². The zero-order chi connectivity index (χ0) is 32.8. The van der Waals surface area contributed by atoms with Gasteiger partial charge in [-0.15, -0.1) is 0 Å². The minimum absolute atomic E-state index is 0.279. The molecule has 266 valence electrons. The summed E-state index contributed by atoms with van der Waals surface area (Å²) in [7, 11) is 0. The van der Waals surface area contributed by atoms with Crippen LogP contribution < -0.4 is 0 Å². The zero-order valence-electron chi connectivity index (χ0n) is 31.2. The molecular formula is C44H78O2. The van der Waals surface area contributed by atoms with E-state index in [4.69, 9.17) is 9.47 Å². The van der Waals surface area contributed by atoms with Gasteiger partial charge in [0.05, 0.1) is 12.2 Å². The average Bonchev–Trinajstić information content (AvgIpc) is 3.60. The molecule has 1 aliphatic heterocycles. The van der Waals surface area contributed by atoms with Crippen LogP contribution in [0.4, 0.5) is 0 Å². The minimum Gasteiger partial charge on any atom is -0.344 e. The molecule has 1 saturated heterocycles. The molecule has 2 heteroatoms. The Morgan fingerprint density at radius 1 is 0.435 bits per heavy atom. The fourth-order valence-electron chi connectivity index (χ4n) is 7.34. The molecule has 0 aromatic carbocycles. The first-order valence-electron chi connectivity index (χ1n) is 20.7. The first kappa shape index (κ1) is 41.1. The molecule has 0 amide bonds. The van der Waals surface area contributed by atoms with Gasteiger partial charge in [-0.25, -0.2) is 0 Å². The number of ether oxygens (including phenoxy) is 2. The van der Waals surface area contributed by atoms with E-state index in [1.807, 2.05) is 0 Å². The molecule has 3 atom stereocenters. The predicted octanol–water partition coefficient (Wildman–Crippen LogP) is 14.7. The maximum atomic E-state index is 6.81. The van der Waals surface area contributed by atoms with Gasteiger partial charge in [0.1, 0.15) is 0 Å². The van der Waals surface area contributed by atoms with Gasteiger partial charge in [-0.2, -0.15) is 0 Å². The lowest BCUT2D eigenvalue weighted by Crippen LogP contribution is -2.32. The van der Waals surface area contributed by atoms with Crippen molar-refractivity contribution >= 4 is 0 Å². The van der Waals surface area contributed by atoms with E-state index in [2.05, 4.69) is 69.4 Å². The predicted molar refractivity (Wildman–Crippen MR) is 203 cm³/mol. The van der Waals surface area contributed by atoms with Crippen LogP contribution in [0.2, 0.25) is 0 Å². The average molecular weight is 639 g/mol. The van der Waals surface area contributed by atoms with Crippen LogP contribution in [-0.2, 0) is 9.47 Å². The number of hydrogen-bond acceptors (Lipinski definition) is 2. The molecule has 0 N–H and O–H groups in total. The fourth-order valence-corrected chi connectivity index (χ4v) is 7.34. The van der Waals surface area contributed by atoms with Crippen molar-refractivity contribution in [2.45, 2.75) is 225 Å². The maximum Gasteiger partial charge on any atom is 0.169 e. The van der Waals surface area contributed by atoms with E-state index in [1.165, 1.54) is 161 Å². The molecule has 1 saturated carbocycles. The van der Waals surface area contributed by atoms with Gasteiger partial charge in [0, 0.05) is 12.8 Å². The molecule has 0 aromatic rings. The monoisotopic (exact) mass is 639 g/mol. The van der Waals surface area contributed by atoms with Crippen LogP contribution >= 0.6 is 0 Å². The highest BCUT2D eigenvalue weighted by atomic mass is 16.8. The largest absolute Gasteiger partial charge is 0.344 e. The third-order valence-electron chi connectivity index (χ3n) is 10.4. The number of fused-ring (bicyclic) bond motifs is 1. The van der Waals surface area contributed by atoms with E-state index in [0.29, 0.717) is 12.2 Å². The smallest absolute Gasteiger partial charge is 0.169 e. The van der Waals surface area contributed by atoms with Gasteiger partial charge in [-0.3, -0.25) is 0 Å². The van der Waals surface area contributed by atoms with Crippen LogP contribution in [0.3, 0.4) is 0 Å². The van der Waals surface area contributed by atoms with Crippen molar-refractivity contribution in [2.24, 2.45) is 5.92 Å². The molecule has 46 heavy (non-hydrogen) atoms. The van der Waals surface area contributed by atoms with Crippen molar-refractivity contribution in [1.29, 1.82) is 0 Å². The van der Waals surface area contributed by atoms with Gasteiger partial charge in [0.2, 0.25) is 0 Å². The summed E-state index contributed by atoms with van der Waals surface area (Å²) in [6.45, 7) is 6.87. The van der Waals surface area contributed by atoms with Crippen LogP contribution in [0.25, 0.3) is 0 Å². The highest BCUT2D eigenvalue weighted by molar-refractivity contribution is 4.95. The summed E-state index contributed by atoms with van der Waals surface area (Å²) in [5.41, 5.74) is 0. The second-order valence-electron chi connectivity index (χ2n) is 14.6. The van der Waals surface area contributed by atoms with E-state index in [9.17, 15) is 0 Å². The Bertz CT molecular complexity index is 728. The molecule has 1 heterocycles. The van der Waals surface area contributed by atoms with Crippen molar-refractivity contribution in [2.75, 3.05) is 0 Å². The van der Waals surface area contributed by atoms with Crippen LogP contribution in [-0.4, -0.2) is 18.0 Å². The summed E-state index contributed by atoms with van der Waals surface area (Å²) in [6.07, 6.45) is 56.7. The maximum absolute atomic E-state index is 6.81. The molecule has 0 radical (unpaired) electrons. The highest BCUT2D eigenvalue weighted by Gasteiger charge is 2.50. The molecular weight excluding hydrogens is 560 g/mol. The van der Waals surface area contributed by atoms with Gasteiger partial charge in [0.25, 0.3) is 0 Å². The normalized spacial score (nSPS) is 21.2. The van der Waals surface area contributed by atoms with E-state index >= 15 is 0 Å². The summed E-state index contributed by atoms with van der Waals surface area (Å²) in [6, 6.07) is 0. The van der Waals surface area contributed by atoms with E-state index in [-0.39, 0.29) is 5.79 Å². The van der Waals surface area contributed by atoms with Crippen molar-refractivity contribution in [1.82, 2.24) is 0 Å². The molecule has 2 nitrogen and oxygen atoms in total. The lowest BCUT2D eigenvalue weighted by molar-refractivity contribution is -0.192. The van der Waals surface area contributed by atoms with Gasteiger partial charge in [-0.05, 0) is 95.8 Å². The molecule has 2 rings (SSSR count). The highest BCUT2D eigenvalue weighted by Crippen LogP contribution is 2.46. The van der Waals surface area contributed by atoms with Gasteiger partial charge in [0.15, 0.2) is 5.79 Å². The molecule has 0 bridgehead atoms. The molecule has 0 aromatic heterocycles. The molecule has 0 unspecified atom stereocenters. The summed E-state index contributed by atoms with van der Waals surface area (Å²) in [5.74, 6) is 0.523. The zero-order valence-corrected chi connectivity index (χ0v) is 31.2. The molecule has 2 aliphatic rings. The second-order valence-corrected chi connectivity index (χ2v) is 14.6. The topological polar surface area (TPSA) is 18.5 Å². The molecule has 0 spiro atoms. The second kappa shape index (κ2) is 28.9. The van der Waals surface area contributed by atoms with Crippen molar-refractivity contribution in [3.63, 3.8) is 0 Å². The first-order valence-corrected chi connectivity index (χ1v) is 20.7. The standard InChI is InChI=1S/C44H78O2/c1-4-7-9-11-13-15-17-19-21-23-25-27-29-31-33-35-37-44(45-42-39-41(6-3)40-43(42)46-44)38-36-34-32-30-28-26-24-22-20-18-16-14-12-10-8-5-2/h13-16,19-22,41-43H,4-12,17-18,23-40H2,1-3H3/b15-13-,16-14-,21-19-,22-20-/t41-,42-,43+. The summed E-state index contributed by atoms with van der Waals surface area (Å²) in [5, 5.41) is 0. The lowest BCUT2D eigenvalue weighted by atomic mass is 9.98. The Balaban J connectivity index is 1.52. The Hall–Kier alpha value is -1.12. The van der Waals surface area contributed by atoms with Gasteiger partial charge < -0.3 is 9.47 Å². The Kier molecular flexibility index (Phi) is 25.7. The quantitative estimate of drug-likeness (QED) is 0.0555. The van der Waals surface area contributed by atoms with Crippen LogP contribution in [0.1, 0.15) is 207 Å². The Labute approximate surface area is 288 Å². The summed E-state index contributed by atoms with van der Waals surface area (Å²) < 4.78 is 13.6. The number of allylic oxidation sites excluding steroid dienone is 8. The number of hydrogen-bond donors (Lipinski definition) is 0. The molecule has 2 fully saturated rings. The first-order chi connectivity index (χ1) is 22.7. The van der Waals surface area contributed by atoms with Gasteiger partial charge in [-0.1, -0.05) is 153 Å². The third kappa shape index (κ3) is 20.3. The van der Waals surface area contributed by atoms with Crippen molar-refractivity contribution < 1.29 is 9.47 Å². The Morgan fingerprint density at radius 3 is 1.15 bits per heavy atom. The van der Waals surface area contributed by atoms with E-state index in [0.717, 1.165) is 31.6 Å². The van der Waals surface area contributed by atoms with Crippen molar-refractivity contribution in [3.05, 3.63) is 48.6 Å². The minimum atomic E-state index is -0.279. The number of rotatable bonds is 31. The van der Waals surface area contributed by atoms with E-state index < -0.39 is 0 Å². The third-order valence-corrected chi connectivity index (χ3v) is 10.4. The number of unbranched alkanes of at least 4 members (excludes halogenated alkanes) is 18. The molecule has 1 aliphatic carbocycles. The van der Waals surface area contributed by atoms with Gasteiger partial charge >= 0.3 is 0 Å². The Morgan fingerprint density at radius 2 is 0.783 bits per heavy atom. The van der Waals surface area contributed by atoms with Crippen molar-refractivity contribution in [3.8, 4) is 0 Å². The summed E-state index contributed by atoms with van der Waals surface area (Å²) >= 11 is 0. The summed E-state index contributed by atoms with van der Waals surface area (Å²) in [4.78, 5) is 0. The fraction of sp³-hybridized carbons (Fsp3) is 0.818.